The smallest absolute Gasteiger partial charge is 0.265 e. The van der Waals surface area contributed by atoms with Crippen molar-refractivity contribution in [1.29, 1.82) is 0 Å². The Hall–Kier alpha value is -2.95. The summed E-state index contributed by atoms with van der Waals surface area (Å²) in [5, 5.41) is 0.581. The minimum atomic E-state index is -0.112. The number of benzene rings is 2. The predicted octanol–water partition coefficient (Wildman–Crippen LogP) is 2.62. The van der Waals surface area contributed by atoms with Crippen molar-refractivity contribution in [3.05, 3.63) is 70.8 Å². The first-order chi connectivity index (χ1) is 11.7. The molecule has 5 nitrogen and oxygen atoms in total. The zero-order valence-electron chi connectivity index (χ0n) is 13.2. The van der Waals surface area contributed by atoms with Gasteiger partial charge in [0.05, 0.1) is 16.6 Å². The van der Waals surface area contributed by atoms with Crippen LogP contribution in [-0.4, -0.2) is 33.4 Å². The number of para-hydroxylation sites is 1. The molecule has 3 aromatic rings. The van der Waals surface area contributed by atoms with E-state index in [1.165, 1.54) is 10.9 Å². The molecule has 1 aromatic heterocycles. The van der Waals surface area contributed by atoms with E-state index < -0.39 is 0 Å². The Labute approximate surface area is 139 Å². The lowest BCUT2D eigenvalue weighted by Crippen LogP contribution is -2.27. The molecule has 0 unspecified atom stereocenters. The van der Waals surface area contributed by atoms with E-state index in [1.54, 1.807) is 30.3 Å². The van der Waals surface area contributed by atoms with Crippen LogP contribution in [0.3, 0.4) is 0 Å². The minimum absolute atomic E-state index is 0.0584. The molecule has 1 amide bonds. The molecule has 0 N–H and O–H groups in total. The fourth-order valence-electron chi connectivity index (χ4n) is 3.12. The van der Waals surface area contributed by atoms with Gasteiger partial charge in [0.1, 0.15) is 6.33 Å². The third kappa shape index (κ3) is 2.48. The number of likely N-dealkylation sites (tertiary alicyclic amines) is 1. The van der Waals surface area contributed by atoms with Crippen molar-refractivity contribution in [2.75, 3.05) is 13.1 Å². The van der Waals surface area contributed by atoms with Crippen LogP contribution in [-0.2, 0) is 0 Å². The van der Waals surface area contributed by atoms with E-state index in [-0.39, 0.29) is 11.5 Å². The first-order valence-electron chi connectivity index (χ1n) is 8.10. The summed E-state index contributed by atoms with van der Waals surface area (Å²) in [7, 11) is 0. The van der Waals surface area contributed by atoms with E-state index in [1.807, 2.05) is 23.1 Å². The highest BCUT2D eigenvalue weighted by atomic mass is 16.2. The Morgan fingerprint density at radius 2 is 1.67 bits per heavy atom. The Balaban J connectivity index is 1.69. The summed E-state index contributed by atoms with van der Waals surface area (Å²) in [5.74, 6) is 0.0584. The van der Waals surface area contributed by atoms with Crippen LogP contribution in [0.4, 0.5) is 0 Å². The summed E-state index contributed by atoms with van der Waals surface area (Å²) in [5.41, 5.74) is 1.93. The van der Waals surface area contributed by atoms with Crippen LogP contribution >= 0.6 is 0 Å². The van der Waals surface area contributed by atoms with Gasteiger partial charge in [-0.2, -0.15) is 0 Å². The van der Waals surface area contributed by atoms with Gasteiger partial charge < -0.3 is 4.90 Å². The lowest BCUT2D eigenvalue weighted by atomic mass is 10.1. The van der Waals surface area contributed by atoms with Crippen LogP contribution < -0.4 is 5.56 Å². The highest BCUT2D eigenvalue weighted by molar-refractivity contribution is 5.94. The number of fused-ring (bicyclic) bond motifs is 1. The number of nitrogens with zero attached hydrogens (tertiary/aromatic N) is 3. The van der Waals surface area contributed by atoms with Gasteiger partial charge in [0.2, 0.25) is 0 Å². The number of amides is 1. The molecule has 0 atom stereocenters. The lowest BCUT2D eigenvalue weighted by molar-refractivity contribution is 0.0793. The predicted molar refractivity (Wildman–Crippen MR) is 92.5 cm³/mol. The van der Waals surface area contributed by atoms with Crippen molar-refractivity contribution < 1.29 is 4.79 Å². The van der Waals surface area contributed by atoms with E-state index in [0.717, 1.165) is 25.9 Å². The van der Waals surface area contributed by atoms with Crippen molar-refractivity contribution in [2.45, 2.75) is 12.8 Å². The van der Waals surface area contributed by atoms with Gasteiger partial charge in [-0.3, -0.25) is 14.2 Å². The molecule has 0 aliphatic carbocycles. The Bertz CT molecular complexity index is 954. The molecular formula is C19H17N3O2. The molecule has 4 rings (SSSR count). The summed E-state index contributed by atoms with van der Waals surface area (Å²) in [4.78, 5) is 31.2. The molecule has 120 valence electrons. The molecule has 0 spiro atoms. The van der Waals surface area contributed by atoms with Gasteiger partial charge in [0, 0.05) is 18.7 Å². The topological polar surface area (TPSA) is 55.2 Å². The number of hydrogen-bond donors (Lipinski definition) is 0. The third-order valence-corrected chi connectivity index (χ3v) is 4.45. The van der Waals surface area contributed by atoms with Crippen molar-refractivity contribution in [1.82, 2.24) is 14.5 Å². The lowest BCUT2D eigenvalue weighted by Gasteiger charge is -2.15. The second-order valence-electron chi connectivity index (χ2n) is 5.98. The molecule has 0 radical (unpaired) electrons. The van der Waals surface area contributed by atoms with Crippen molar-refractivity contribution in [3.8, 4) is 5.69 Å². The van der Waals surface area contributed by atoms with E-state index >= 15 is 0 Å². The SMILES string of the molecule is O=C(c1ccc(-n2cnc3ccccc3c2=O)cc1)N1CCCC1. The van der Waals surface area contributed by atoms with Gasteiger partial charge in [-0.05, 0) is 49.2 Å². The molecule has 1 aliphatic heterocycles. The van der Waals surface area contributed by atoms with Gasteiger partial charge in [-0.1, -0.05) is 12.1 Å². The number of aromatic nitrogens is 2. The number of carbonyl (C=O) groups excluding carboxylic acids is 1. The summed E-state index contributed by atoms with van der Waals surface area (Å²) >= 11 is 0. The molecule has 24 heavy (non-hydrogen) atoms. The van der Waals surface area contributed by atoms with Crippen molar-refractivity contribution in [3.63, 3.8) is 0 Å². The Kier molecular flexibility index (Phi) is 3.61. The van der Waals surface area contributed by atoms with E-state index in [2.05, 4.69) is 4.98 Å². The van der Waals surface area contributed by atoms with Crippen LogP contribution in [0.5, 0.6) is 0 Å². The van der Waals surface area contributed by atoms with Crippen LogP contribution in [0.2, 0.25) is 0 Å². The number of hydrogen-bond acceptors (Lipinski definition) is 3. The molecule has 1 aliphatic rings. The molecule has 0 saturated carbocycles. The van der Waals surface area contributed by atoms with Gasteiger partial charge in [0.25, 0.3) is 11.5 Å². The van der Waals surface area contributed by atoms with E-state index in [9.17, 15) is 9.59 Å². The maximum atomic E-state index is 12.6. The second-order valence-corrected chi connectivity index (χ2v) is 5.98. The van der Waals surface area contributed by atoms with E-state index in [4.69, 9.17) is 0 Å². The third-order valence-electron chi connectivity index (χ3n) is 4.45. The first-order valence-corrected chi connectivity index (χ1v) is 8.10. The second kappa shape index (κ2) is 5.92. The maximum absolute atomic E-state index is 12.6. The zero-order valence-corrected chi connectivity index (χ0v) is 13.2. The average molecular weight is 319 g/mol. The number of carbonyl (C=O) groups is 1. The van der Waals surface area contributed by atoms with Crippen LogP contribution in [0.1, 0.15) is 23.2 Å². The monoisotopic (exact) mass is 319 g/mol. The van der Waals surface area contributed by atoms with Gasteiger partial charge >= 0.3 is 0 Å². The Morgan fingerprint density at radius 1 is 0.958 bits per heavy atom. The van der Waals surface area contributed by atoms with Crippen LogP contribution in [0.25, 0.3) is 16.6 Å². The average Bonchev–Trinajstić information content (AvgIpc) is 3.17. The molecule has 2 aromatic carbocycles. The van der Waals surface area contributed by atoms with Gasteiger partial charge in [-0.25, -0.2) is 4.98 Å². The van der Waals surface area contributed by atoms with Crippen LogP contribution in [0, 0.1) is 0 Å². The zero-order chi connectivity index (χ0) is 16.5. The van der Waals surface area contributed by atoms with Gasteiger partial charge in [0.15, 0.2) is 0 Å². The van der Waals surface area contributed by atoms with Gasteiger partial charge in [-0.15, -0.1) is 0 Å². The fraction of sp³-hybridized carbons (Fsp3) is 0.211. The van der Waals surface area contributed by atoms with E-state index in [0.29, 0.717) is 22.2 Å². The summed E-state index contributed by atoms with van der Waals surface area (Å²) in [6.07, 6.45) is 3.67. The largest absolute Gasteiger partial charge is 0.339 e. The standard InChI is InChI=1S/C19H17N3O2/c23-18(21-11-3-4-12-21)14-7-9-15(10-8-14)22-13-20-17-6-2-1-5-16(17)19(22)24/h1-2,5-10,13H,3-4,11-12H2. The fourth-order valence-corrected chi connectivity index (χ4v) is 3.12. The van der Waals surface area contributed by atoms with Crippen LogP contribution in [0.15, 0.2) is 59.7 Å². The van der Waals surface area contributed by atoms with Crippen molar-refractivity contribution >= 4 is 16.8 Å². The summed E-state index contributed by atoms with van der Waals surface area (Å²) in [6, 6.07) is 14.4. The molecule has 1 saturated heterocycles. The summed E-state index contributed by atoms with van der Waals surface area (Å²) < 4.78 is 1.51. The molecule has 2 heterocycles. The normalized spacial score (nSPS) is 14.2. The highest BCUT2D eigenvalue weighted by Gasteiger charge is 2.19. The number of rotatable bonds is 2. The minimum Gasteiger partial charge on any atom is -0.339 e. The molecular weight excluding hydrogens is 302 g/mol. The maximum Gasteiger partial charge on any atom is 0.265 e. The quantitative estimate of drug-likeness (QED) is 0.729. The first kappa shape index (κ1) is 14.6. The van der Waals surface area contributed by atoms with Crippen molar-refractivity contribution in [2.24, 2.45) is 0 Å². The molecule has 1 fully saturated rings. The summed E-state index contributed by atoms with van der Waals surface area (Å²) in [6.45, 7) is 1.66. The Morgan fingerprint density at radius 3 is 2.42 bits per heavy atom. The molecule has 0 bridgehead atoms. The highest BCUT2D eigenvalue weighted by Crippen LogP contribution is 2.15. The molecule has 5 heteroatoms.